The lowest BCUT2D eigenvalue weighted by molar-refractivity contribution is 0.533. The molecule has 0 atom stereocenters. The van der Waals surface area contributed by atoms with Crippen LogP contribution in [0.4, 0.5) is 0 Å². The summed E-state index contributed by atoms with van der Waals surface area (Å²) in [5.74, 6) is 0. The second-order valence-corrected chi connectivity index (χ2v) is 7.55. The van der Waals surface area contributed by atoms with Gasteiger partial charge < -0.3 is 0 Å². The lowest BCUT2D eigenvalue weighted by atomic mass is 9.86. The maximum atomic E-state index is 3.49. The Hall–Kier alpha value is -0.470. The average Bonchev–Trinajstić information content (AvgIpc) is 2.13. The van der Waals surface area contributed by atoms with Crippen LogP contribution < -0.4 is 4.72 Å². The van der Waals surface area contributed by atoms with Gasteiger partial charge in [-0.1, -0.05) is 38.5 Å². The van der Waals surface area contributed by atoms with Crippen LogP contribution in [-0.2, 0) is 5.41 Å². The SMILES string of the molecule is Cc1ccc(SNC(C)(C)C)c(C(C)(C)C)c1. The molecule has 0 amide bonds. The summed E-state index contributed by atoms with van der Waals surface area (Å²) in [6, 6.07) is 6.70. The van der Waals surface area contributed by atoms with Crippen LogP contribution in [0.2, 0.25) is 0 Å². The molecule has 0 radical (unpaired) electrons. The second kappa shape index (κ2) is 5.03. The van der Waals surface area contributed by atoms with E-state index < -0.39 is 0 Å². The summed E-state index contributed by atoms with van der Waals surface area (Å²) in [5.41, 5.74) is 3.06. The molecule has 1 rings (SSSR count). The molecule has 17 heavy (non-hydrogen) atoms. The van der Waals surface area contributed by atoms with Gasteiger partial charge in [-0.05, 0) is 56.7 Å². The number of hydrogen-bond donors (Lipinski definition) is 1. The highest BCUT2D eigenvalue weighted by Gasteiger charge is 2.19. The third-order valence-corrected chi connectivity index (χ3v) is 3.70. The van der Waals surface area contributed by atoms with Gasteiger partial charge in [0.25, 0.3) is 0 Å². The van der Waals surface area contributed by atoms with Crippen molar-refractivity contribution in [3.05, 3.63) is 29.3 Å². The first-order valence-corrected chi connectivity index (χ1v) is 6.96. The van der Waals surface area contributed by atoms with Crippen molar-refractivity contribution in [1.82, 2.24) is 4.72 Å². The molecule has 1 nitrogen and oxygen atoms in total. The highest BCUT2D eigenvalue weighted by atomic mass is 32.2. The van der Waals surface area contributed by atoms with E-state index in [0.717, 1.165) is 0 Å². The van der Waals surface area contributed by atoms with Crippen LogP contribution in [0.1, 0.15) is 52.7 Å². The van der Waals surface area contributed by atoms with Crippen molar-refractivity contribution in [2.75, 3.05) is 0 Å². The van der Waals surface area contributed by atoms with Crippen LogP contribution in [0, 0.1) is 6.92 Å². The highest BCUT2D eigenvalue weighted by molar-refractivity contribution is 7.97. The van der Waals surface area contributed by atoms with Crippen LogP contribution >= 0.6 is 11.9 Å². The Bertz CT molecular complexity index is 383. The molecule has 0 heterocycles. The number of hydrogen-bond acceptors (Lipinski definition) is 2. The van der Waals surface area contributed by atoms with E-state index in [1.807, 2.05) is 0 Å². The van der Waals surface area contributed by atoms with E-state index in [4.69, 9.17) is 0 Å². The molecule has 1 aromatic carbocycles. The number of aryl methyl sites for hydroxylation is 1. The van der Waals surface area contributed by atoms with E-state index in [-0.39, 0.29) is 11.0 Å². The number of rotatable bonds is 2. The summed E-state index contributed by atoms with van der Waals surface area (Å²) in [4.78, 5) is 1.33. The minimum Gasteiger partial charge on any atom is -0.255 e. The van der Waals surface area contributed by atoms with Crippen molar-refractivity contribution < 1.29 is 0 Å². The van der Waals surface area contributed by atoms with E-state index in [0.29, 0.717) is 0 Å². The molecule has 0 aliphatic rings. The smallest absolute Gasteiger partial charge is 0.0265 e. The lowest BCUT2D eigenvalue weighted by Gasteiger charge is -2.26. The molecule has 0 aliphatic heterocycles. The highest BCUT2D eigenvalue weighted by Crippen LogP contribution is 2.32. The fraction of sp³-hybridized carbons (Fsp3) is 0.600. The van der Waals surface area contributed by atoms with Crippen molar-refractivity contribution in [2.45, 2.75) is 64.3 Å². The van der Waals surface area contributed by atoms with Crippen molar-refractivity contribution >= 4 is 11.9 Å². The first-order valence-electron chi connectivity index (χ1n) is 6.15. The van der Waals surface area contributed by atoms with E-state index in [1.165, 1.54) is 16.0 Å². The van der Waals surface area contributed by atoms with Crippen molar-refractivity contribution in [3.63, 3.8) is 0 Å². The standard InChI is InChI=1S/C15H25NS/c1-11-8-9-13(17-16-15(5,6)7)12(10-11)14(2,3)4/h8-10,16H,1-7H3. The molecule has 0 spiro atoms. The fourth-order valence-corrected chi connectivity index (χ4v) is 2.55. The van der Waals surface area contributed by atoms with Gasteiger partial charge in [0, 0.05) is 10.4 Å². The molecular formula is C15H25NS. The Morgan fingerprint density at radius 3 is 2.06 bits per heavy atom. The maximum absolute atomic E-state index is 3.49. The summed E-state index contributed by atoms with van der Waals surface area (Å²) >= 11 is 1.74. The zero-order chi connectivity index (χ0) is 13.3. The summed E-state index contributed by atoms with van der Waals surface area (Å²) in [6.45, 7) is 15.5. The summed E-state index contributed by atoms with van der Waals surface area (Å²) in [6.07, 6.45) is 0. The minimum absolute atomic E-state index is 0.130. The topological polar surface area (TPSA) is 12.0 Å². The predicted octanol–water partition coefficient (Wildman–Crippen LogP) is 4.69. The largest absolute Gasteiger partial charge is 0.255 e. The maximum Gasteiger partial charge on any atom is 0.0265 e. The van der Waals surface area contributed by atoms with E-state index >= 15 is 0 Å². The molecule has 0 aliphatic carbocycles. The van der Waals surface area contributed by atoms with Gasteiger partial charge in [0.05, 0.1) is 0 Å². The molecule has 1 N–H and O–H groups in total. The van der Waals surface area contributed by atoms with Gasteiger partial charge in [0.1, 0.15) is 0 Å². The monoisotopic (exact) mass is 251 g/mol. The molecular weight excluding hydrogens is 226 g/mol. The molecule has 96 valence electrons. The Morgan fingerprint density at radius 1 is 1.00 bits per heavy atom. The summed E-state index contributed by atoms with van der Waals surface area (Å²) in [5, 5.41) is 0. The van der Waals surface area contributed by atoms with Crippen LogP contribution in [0.25, 0.3) is 0 Å². The first-order chi connectivity index (χ1) is 7.59. The summed E-state index contributed by atoms with van der Waals surface area (Å²) < 4.78 is 3.49. The lowest BCUT2D eigenvalue weighted by Crippen LogP contribution is -2.30. The second-order valence-electron chi connectivity index (χ2n) is 6.70. The molecule has 1 aromatic rings. The van der Waals surface area contributed by atoms with Crippen LogP contribution in [-0.4, -0.2) is 5.54 Å². The molecule has 2 heteroatoms. The fourth-order valence-electron chi connectivity index (χ4n) is 1.53. The van der Waals surface area contributed by atoms with Crippen LogP contribution in [0.15, 0.2) is 23.1 Å². The van der Waals surface area contributed by atoms with Crippen LogP contribution in [0.3, 0.4) is 0 Å². The third kappa shape index (κ3) is 4.72. The Kier molecular flexibility index (Phi) is 4.32. The first kappa shape index (κ1) is 14.6. The quantitative estimate of drug-likeness (QED) is 0.765. The van der Waals surface area contributed by atoms with Gasteiger partial charge in [-0.15, -0.1) is 0 Å². The average molecular weight is 251 g/mol. The number of benzene rings is 1. The molecule has 0 unspecified atom stereocenters. The zero-order valence-corrected chi connectivity index (χ0v) is 13.0. The molecule has 0 fully saturated rings. The zero-order valence-electron chi connectivity index (χ0n) is 12.1. The molecule has 0 bridgehead atoms. The number of nitrogens with one attached hydrogen (secondary N) is 1. The van der Waals surface area contributed by atoms with Crippen molar-refractivity contribution in [2.24, 2.45) is 0 Å². The summed E-state index contributed by atoms with van der Waals surface area (Å²) in [7, 11) is 0. The van der Waals surface area contributed by atoms with E-state index in [2.05, 4.69) is 71.4 Å². The van der Waals surface area contributed by atoms with Gasteiger partial charge in [0.2, 0.25) is 0 Å². The molecule has 0 aromatic heterocycles. The third-order valence-electron chi connectivity index (χ3n) is 2.41. The Morgan fingerprint density at radius 2 is 1.59 bits per heavy atom. The van der Waals surface area contributed by atoms with E-state index in [1.54, 1.807) is 11.9 Å². The normalized spacial score (nSPS) is 12.9. The molecule has 0 saturated carbocycles. The Labute approximate surface area is 111 Å². The minimum atomic E-state index is 0.130. The van der Waals surface area contributed by atoms with Gasteiger partial charge in [0.15, 0.2) is 0 Å². The van der Waals surface area contributed by atoms with Gasteiger partial charge >= 0.3 is 0 Å². The van der Waals surface area contributed by atoms with Crippen molar-refractivity contribution in [1.29, 1.82) is 0 Å². The Balaban J connectivity index is 2.99. The van der Waals surface area contributed by atoms with E-state index in [9.17, 15) is 0 Å². The van der Waals surface area contributed by atoms with Crippen LogP contribution in [0.5, 0.6) is 0 Å². The van der Waals surface area contributed by atoms with Gasteiger partial charge in [-0.25, -0.2) is 0 Å². The van der Waals surface area contributed by atoms with Crippen molar-refractivity contribution in [3.8, 4) is 0 Å². The molecule has 0 saturated heterocycles. The van der Waals surface area contributed by atoms with Gasteiger partial charge in [-0.3, -0.25) is 4.72 Å². The van der Waals surface area contributed by atoms with Gasteiger partial charge in [-0.2, -0.15) is 0 Å². The predicted molar refractivity (Wildman–Crippen MR) is 78.6 cm³/mol.